The third-order valence-electron chi connectivity index (χ3n) is 8.68. The number of nitrogens with one attached hydrogen (secondary N) is 3. The summed E-state index contributed by atoms with van der Waals surface area (Å²) in [6, 6.07) is 17.5. The number of aliphatic hydroxyl groups excluding tert-OH is 1. The van der Waals surface area contributed by atoms with Gasteiger partial charge in [0.2, 0.25) is 12.3 Å². The Bertz CT molecular complexity index is 1710. The highest BCUT2D eigenvalue weighted by molar-refractivity contribution is 7.09. The number of urea groups is 1. The lowest BCUT2D eigenvalue weighted by atomic mass is 9.95. The first kappa shape index (κ1) is 41.9. The van der Waals surface area contributed by atoms with Gasteiger partial charge in [-0.15, -0.1) is 22.7 Å². The van der Waals surface area contributed by atoms with Gasteiger partial charge >= 0.3 is 12.1 Å². The second-order valence-electron chi connectivity index (χ2n) is 13.4. The molecule has 0 fully saturated rings. The van der Waals surface area contributed by atoms with Gasteiger partial charge in [0.15, 0.2) is 0 Å². The average molecular weight is 778 g/mol. The highest BCUT2D eigenvalue weighted by Gasteiger charge is 2.27. The Balaban J connectivity index is 1.49. The van der Waals surface area contributed by atoms with Crippen LogP contribution in [-0.2, 0) is 40.3 Å². The van der Waals surface area contributed by atoms with Crippen LogP contribution in [0.2, 0.25) is 0 Å². The summed E-state index contributed by atoms with van der Waals surface area (Å²) in [4.78, 5) is 64.5. The average Bonchev–Trinajstić information content (AvgIpc) is 3.88. The maximum Gasteiger partial charge on any atom is 0.407 e. The summed E-state index contributed by atoms with van der Waals surface area (Å²) in [6.45, 7) is 4.52. The maximum atomic E-state index is 14.1. The molecular weight excluding hydrogens is 727 g/mol. The summed E-state index contributed by atoms with van der Waals surface area (Å²) < 4.78 is 5.49. The normalized spacial score (nSPS) is 12.7. The third-order valence-corrected chi connectivity index (χ3v) is 10.6. The van der Waals surface area contributed by atoms with Crippen LogP contribution >= 0.6 is 22.7 Å². The van der Waals surface area contributed by atoms with E-state index < -0.39 is 24.1 Å². The molecule has 5 amide bonds. The van der Waals surface area contributed by atoms with Gasteiger partial charge in [-0.05, 0) is 43.2 Å². The molecule has 0 aliphatic carbocycles. The number of aromatic nitrogens is 2. The highest BCUT2D eigenvalue weighted by atomic mass is 32.1. The molecule has 54 heavy (non-hydrogen) atoms. The summed E-state index contributed by atoms with van der Waals surface area (Å²) in [5.74, 6) is -0.133. The van der Waals surface area contributed by atoms with Crippen LogP contribution in [0.25, 0.3) is 0 Å². The first-order valence-corrected chi connectivity index (χ1v) is 19.8. The minimum Gasteiger partial charge on any atom is -0.444 e. The Morgan fingerprint density at radius 1 is 0.889 bits per heavy atom. The van der Waals surface area contributed by atoms with E-state index in [0.29, 0.717) is 32.1 Å². The van der Waals surface area contributed by atoms with Gasteiger partial charge in [0, 0.05) is 49.7 Å². The number of benzene rings is 2. The lowest BCUT2D eigenvalue weighted by Crippen LogP contribution is -2.53. The van der Waals surface area contributed by atoms with E-state index in [1.807, 2.05) is 66.0 Å². The van der Waals surface area contributed by atoms with Gasteiger partial charge in [-0.1, -0.05) is 74.5 Å². The van der Waals surface area contributed by atoms with Crippen molar-refractivity contribution in [2.24, 2.45) is 0 Å². The minimum atomic E-state index is -0.985. The molecule has 0 aliphatic heterocycles. The molecule has 0 radical (unpaired) electrons. The molecule has 4 rings (SSSR count). The molecule has 0 aliphatic rings. The number of nitrogens with zero attached hydrogens (tertiary/aromatic N) is 4. The molecule has 0 unspecified atom stereocenters. The van der Waals surface area contributed by atoms with Crippen molar-refractivity contribution in [3.8, 4) is 0 Å². The fourth-order valence-corrected chi connectivity index (χ4v) is 7.09. The van der Waals surface area contributed by atoms with Crippen LogP contribution in [0.3, 0.4) is 0 Å². The second-order valence-corrected chi connectivity index (χ2v) is 15.3. The molecule has 0 spiro atoms. The molecule has 15 heteroatoms. The first-order valence-electron chi connectivity index (χ1n) is 18.1. The van der Waals surface area contributed by atoms with Crippen molar-refractivity contribution in [2.45, 2.75) is 83.1 Å². The Kier molecular flexibility index (Phi) is 17.4. The Hall–Kier alpha value is -4.86. The molecule has 0 saturated carbocycles. The number of ether oxygens (including phenoxy) is 1. The predicted octanol–water partition coefficient (Wildman–Crippen LogP) is 5.12. The molecule has 4 N–H and O–H groups in total. The van der Waals surface area contributed by atoms with Gasteiger partial charge in [0.25, 0.3) is 0 Å². The Morgan fingerprint density at radius 3 is 2.09 bits per heavy atom. The van der Waals surface area contributed by atoms with E-state index in [-0.39, 0.29) is 57.3 Å². The second kappa shape index (κ2) is 22.4. The zero-order valence-corrected chi connectivity index (χ0v) is 32.7. The first-order chi connectivity index (χ1) is 26.1. The van der Waals surface area contributed by atoms with Crippen LogP contribution in [0.4, 0.5) is 9.59 Å². The zero-order chi connectivity index (χ0) is 38.7. The molecule has 3 atom stereocenters. The topological polar surface area (TPSA) is 166 Å². The van der Waals surface area contributed by atoms with E-state index in [1.54, 1.807) is 30.1 Å². The maximum absolute atomic E-state index is 14.1. The molecule has 2 heterocycles. The molecular formula is C39H51N7O6S2. The van der Waals surface area contributed by atoms with Crippen LogP contribution < -0.4 is 16.0 Å². The standard InChI is InChI=1S/C39H51N7O6S2/c1-28(2)37-42-33(25-53-37)23-45(3)38(50)44-35(16-17-46(27-48)18-19-47)36(49)41-31(20-29-10-6-4-7-11-29)14-15-32(21-30-12-8-5-9-13-30)43-39(51)52-24-34-22-40-26-54-34/h4-13,22,25-28,31-32,35,47H,14-21,23-24H2,1-3H3,(H,41,49)(H,43,51)(H,44,50)/t31-,32-,35+/m1/s1. The lowest BCUT2D eigenvalue weighted by Gasteiger charge is -2.28. The number of amides is 5. The van der Waals surface area contributed by atoms with E-state index in [2.05, 4.69) is 39.8 Å². The fourth-order valence-electron chi connectivity index (χ4n) is 5.75. The predicted molar refractivity (Wildman–Crippen MR) is 210 cm³/mol. The Morgan fingerprint density at radius 2 is 1.54 bits per heavy atom. The number of rotatable bonds is 22. The number of carbonyl (C=O) groups excluding carboxylic acids is 4. The van der Waals surface area contributed by atoms with E-state index in [0.717, 1.165) is 26.7 Å². The lowest BCUT2D eigenvalue weighted by molar-refractivity contribution is -0.125. The van der Waals surface area contributed by atoms with Crippen LogP contribution in [0.15, 0.2) is 77.8 Å². The summed E-state index contributed by atoms with van der Waals surface area (Å²) in [5, 5.41) is 21.4. The van der Waals surface area contributed by atoms with Crippen molar-refractivity contribution in [3.05, 3.63) is 104 Å². The van der Waals surface area contributed by atoms with Crippen LogP contribution in [0, 0.1) is 0 Å². The van der Waals surface area contributed by atoms with Gasteiger partial charge in [-0.3, -0.25) is 14.6 Å². The molecule has 290 valence electrons. The largest absolute Gasteiger partial charge is 0.444 e. The van der Waals surface area contributed by atoms with Crippen molar-refractivity contribution in [3.63, 3.8) is 0 Å². The molecule has 13 nitrogen and oxygen atoms in total. The van der Waals surface area contributed by atoms with Gasteiger partial charge < -0.3 is 35.6 Å². The quantitative estimate of drug-likeness (QED) is 0.0799. The Labute approximate surface area is 325 Å². The van der Waals surface area contributed by atoms with Crippen molar-refractivity contribution in [2.75, 3.05) is 26.7 Å². The SMILES string of the molecule is CC(C)c1nc(CN(C)C(=O)N[C@@H](CCN(C=O)CCO)C(=O)N[C@H](CC[C@H](Cc2ccccc2)NC(=O)OCc2cncs2)Cc2ccccc2)cs1. The summed E-state index contributed by atoms with van der Waals surface area (Å²) in [5.41, 5.74) is 4.49. The van der Waals surface area contributed by atoms with Crippen LogP contribution in [-0.4, -0.2) is 94.2 Å². The smallest absolute Gasteiger partial charge is 0.407 e. The third kappa shape index (κ3) is 14.5. The number of hydrogen-bond donors (Lipinski definition) is 4. The molecule has 0 bridgehead atoms. The van der Waals surface area contributed by atoms with E-state index >= 15 is 0 Å². The number of aliphatic hydroxyl groups is 1. The zero-order valence-electron chi connectivity index (χ0n) is 31.1. The number of carbonyl (C=O) groups is 4. The molecule has 2 aromatic heterocycles. The van der Waals surface area contributed by atoms with E-state index in [1.165, 1.54) is 21.1 Å². The summed E-state index contributed by atoms with van der Waals surface area (Å²) in [6.07, 6.45) is 3.95. The van der Waals surface area contributed by atoms with E-state index in [4.69, 9.17) is 4.74 Å². The molecule has 4 aromatic rings. The van der Waals surface area contributed by atoms with Gasteiger partial charge in [0.1, 0.15) is 12.6 Å². The molecule has 2 aromatic carbocycles. The summed E-state index contributed by atoms with van der Waals surface area (Å²) >= 11 is 2.95. The van der Waals surface area contributed by atoms with Crippen molar-refractivity contribution < 1.29 is 29.0 Å². The molecule has 0 saturated heterocycles. The van der Waals surface area contributed by atoms with Crippen molar-refractivity contribution in [1.29, 1.82) is 0 Å². The summed E-state index contributed by atoms with van der Waals surface area (Å²) in [7, 11) is 1.64. The van der Waals surface area contributed by atoms with Gasteiger partial charge in [-0.2, -0.15) is 0 Å². The number of alkyl carbamates (subject to hydrolysis) is 1. The van der Waals surface area contributed by atoms with Gasteiger partial charge in [-0.25, -0.2) is 14.6 Å². The van der Waals surface area contributed by atoms with E-state index in [9.17, 15) is 24.3 Å². The number of thiazole rings is 2. The minimum absolute atomic E-state index is 0.104. The van der Waals surface area contributed by atoms with Crippen LogP contribution in [0.1, 0.15) is 65.7 Å². The fraction of sp³-hybridized carbons (Fsp3) is 0.436. The monoisotopic (exact) mass is 777 g/mol. The number of hydrogen-bond acceptors (Lipinski definition) is 10. The van der Waals surface area contributed by atoms with Crippen LogP contribution in [0.5, 0.6) is 0 Å². The van der Waals surface area contributed by atoms with Crippen molar-refractivity contribution >= 4 is 47.1 Å². The highest BCUT2D eigenvalue weighted by Crippen LogP contribution is 2.20. The van der Waals surface area contributed by atoms with Crippen molar-refractivity contribution in [1.82, 2.24) is 35.7 Å². The van der Waals surface area contributed by atoms with Gasteiger partial charge in [0.05, 0.1) is 34.2 Å².